The summed E-state index contributed by atoms with van der Waals surface area (Å²) >= 11 is 0. The smallest absolute Gasteiger partial charge is 0.211 e. The van der Waals surface area contributed by atoms with Gasteiger partial charge in [0.05, 0.1) is 18.5 Å². The molecule has 1 saturated carbocycles. The zero-order valence-electron chi connectivity index (χ0n) is 14.2. The van der Waals surface area contributed by atoms with Crippen LogP contribution in [0.1, 0.15) is 37.7 Å². The molecule has 0 spiro atoms. The highest BCUT2D eigenvalue weighted by atomic mass is 32.2. The van der Waals surface area contributed by atoms with Crippen molar-refractivity contribution >= 4 is 10.0 Å². The molecule has 0 atom stereocenters. The van der Waals surface area contributed by atoms with Gasteiger partial charge in [-0.25, -0.2) is 13.1 Å². The Kier molecular flexibility index (Phi) is 7.98. The van der Waals surface area contributed by atoms with Crippen molar-refractivity contribution in [2.24, 2.45) is 0 Å². The molecular weight excluding hydrogens is 330 g/mol. The molecule has 0 aromatic heterocycles. The lowest BCUT2D eigenvalue weighted by molar-refractivity contribution is -0.0298. The highest BCUT2D eigenvalue weighted by Crippen LogP contribution is 2.24. The number of ether oxygens (including phenoxy) is 3. The summed E-state index contributed by atoms with van der Waals surface area (Å²) in [6, 6.07) is 7.62. The number of nitrogens with one attached hydrogen (secondary N) is 1. The van der Waals surface area contributed by atoms with Crippen LogP contribution in [0.2, 0.25) is 0 Å². The molecule has 1 aliphatic carbocycles. The van der Waals surface area contributed by atoms with Crippen LogP contribution in [0.3, 0.4) is 0 Å². The van der Waals surface area contributed by atoms with E-state index in [0.29, 0.717) is 19.1 Å². The third-order valence-corrected chi connectivity index (χ3v) is 5.31. The lowest BCUT2D eigenvalue weighted by Gasteiger charge is -2.14. The van der Waals surface area contributed by atoms with Gasteiger partial charge in [0.2, 0.25) is 10.0 Å². The van der Waals surface area contributed by atoms with E-state index >= 15 is 0 Å². The maximum Gasteiger partial charge on any atom is 0.211 e. The largest absolute Gasteiger partial charge is 0.490 e. The molecule has 1 N–H and O–H groups in total. The second kappa shape index (κ2) is 9.98. The van der Waals surface area contributed by atoms with Gasteiger partial charge in [-0.3, -0.25) is 0 Å². The normalized spacial score (nSPS) is 15.7. The number of benzene rings is 1. The highest BCUT2D eigenvalue weighted by molar-refractivity contribution is 7.89. The van der Waals surface area contributed by atoms with Crippen molar-refractivity contribution in [3.63, 3.8) is 0 Å². The first kappa shape index (κ1) is 19.2. The molecule has 0 bridgehead atoms. The summed E-state index contributed by atoms with van der Waals surface area (Å²) in [6.45, 7) is 0.809. The lowest BCUT2D eigenvalue weighted by Crippen LogP contribution is -2.26. The van der Waals surface area contributed by atoms with Crippen LogP contribution in [0.5, 0.6) is 5.75 Å². The Morgan fingerprint density at radius 2 is 2.04 bits per heavy atom. The van der Waals surface area contributed by atoms with Crippen molar-refractivity contribution in [3.8, 4) is 5.75 Å². The average Bonchev–Trinajstić information content (AvgIpc) is 3.06. The van der Waals surface area contributed by atoms with Gasteiger partial charge in [-0.05, 0) is 49.8 Å². The molecule has 1 aromatic rings. The SMILES string of the molecule is COCOCCCS(=O)(=O)NCc1cccc(OC2CCCC2)c1. The van der Waals surface area contributed by atoms with E-state index in [-0.39, 0.29) is 19.1 Å². The Morgan fingerprint density at radius 3 is 2.79 bits per heavy atom. The first-order valence-electron chi connectivity index (χ1n) is 8.39. The van der Waals surface area contributed by atoms with E-state index in [4.69, 9.17) is 14.2 Å². The van der Waals surface area contributed by atoms with Gasteiger partial charge in [-0.1, -0.05) is 12.1 Å². The third kappa shape index (κ3) is 7.17. The number of sulfonamides is 1. The Bertz CT molecular complexity index is 584. The first-order valence-corrected chi connectivity index (χ1v) is 10.0. The van der Waals surface area contributed by atoms with Crippen LogP contribution < -0.4 is 9.46 Å². The minimum absolute atomic E-state index is 0.0367. The van der Waals surface area contributed by atoms with Crippen molar-refractivity contribution in [2.75, 3.05) is 26.3 Å². The van der Waals surface area contributed by atoms with Gasteiger partial charge in [-0.2, -0.15) is 0 Å². The Hall–Kier alpha value is -1.15. The average molecular weight is 357 g/mol. The molecule has 0 radical (unpaired) electrons. The van der Waals surface area contributed by atoms with Crippen molar-refractivity contribution in [3.05, 3.63) is 29.8 Å². The third-order valence-electron chi connectivity index (χ3n) is 3.90. The molecule has 1 fully saturated rings. The summed E-state index contributed by atoms with van der Waals surface area (Å²) in [5.41, 5.74) is 0.893. The number of rotatable bonds is 11. The van der Waals surface area contributed by atoms with Gasteiger partial charge in [0, 0.05) is 13.7 Å². The van der Waals surface area contributed by atoms with Crippen molar-refractivity contribution in [1.29, 1.82) is 0 Å². The fourth-order valence-electron chi connectivity index (χ4n) is 2.69. The van der Waals surface area contributed by atoms with E-state index in [0.717, 1.165) is 24.2 Å². The monoisotopic (exact) mass is 357 g/mol. The van der Waals surface area contributed by atoms with Crippen molar-refractivity contribution < 1.29 is 22.6 Å². The number of hydrogen-bond donors (Lipinski definition) is 1. The molecule has 0 heterocycles. The zero-order chi connectivity index (χ0) is 17.3. The summed E-state index contributed by atoms with van der Waals surface area (Å²) in [7, 11) is -1.78. The molecule has 0 aliphatic heterocycles. The van der Waals surface area contributed by atoms with Crippen LogP contribution >= 0.6 is 0 Å². The van der Waals surface area contributed by atoms with E-state index in [2.05, 4.69) is 4.72 Å². The lowest BCUT2D eigenvalue weighted by atomic mass is 10.2. The summed E-state index contributed by atoms with van der Waals surface area (Å²) in [5, 5.41) is 0. The van der Waals surface area contributed by atoms with Gasteiger partial charge < -0.3 is 14.2 Å². The van der Waals surface area contributed by atoms with Crippen LogP contribution in [0.15, 0.2) is 24.3 Å². The van der Waals surface area contributed by atoms with E-state index in [1.54, 1.807) is 0 Å². The molecule has 0 amide bonds. The molecule has 2 rings (SSSR count). The summed E-state index contributed by atoms with van der Waals surface area (Å²) in [4.78, 5) is 0. The van der Waals surface area contributed by atoms with Crippen molar-refractivity contribution in [2.45, 2.75) is 44.8 Å². The minimum atomic E-state index is -3.31. The van der Waals surface area contributed by atoms with Crippen LogP contribution in [0.4, 0.5) is 0 Å². The maximum absolute atomic E-state index is 12.0. The second-order valence-electron chi connectivity index (χ2n) is 5.98. The fourth-order valence-corrected chi connectivity index (χ4v) is 3.71. The van der Waals surface area contributed by atoms with Gasteiger partial charge in [0.15, 0.2) is 0 Å². The topological polar surface area (TPSA) is 73.9 Å². The predicted octanol–water partition coefficient (Wildman–Crippen LogP) is 2.44. The first-order chi connectivity index (χ1) is 11.6. The number of hydrogen-bond acceptors (Lipinski definition) is 5. The fraction of sp³-hybridized carbons (Fsp3) is 0.647. The molecule has 6 nitrogen and oxygen atoms in total. The predicted molar refractivity (Wildman–Crippen MR) is 92.4 cm³/mol. The molecule has 24 heavy (non-hydrogen) atoms. The van der Waals surface area contributed by atoms with Crippen LogP contribution in [0, 0.1) is 0 Å². The molecular formula is C17H27NO5S. The minimum Gasteiger partial charge on any atom is -0.490 e. The standard InChI is InChI=1S/C17H27NO5S/c1-21-14-22-10-5-11-24(19,20)18-13-15-6-4-9-17(12-15)23-16-7-2-3-8-16/h4,6,9,12,16,18H,2-3,5,7-8,10-11,13-14H2,1H3. The Labute approximate surface area is 144 Å². The van der Waals surface area contributed by atoms with E-state index in [1.807, 2.05) is 24.3 Å². The Morgan fingerprint density at radius 1 is 1.25 bits per heavy atom. The quantitative estimate of drug-likeness (QED) is 0.486. The van der Waals surface area contributed by atoms with E-state index in [1.165, 1.54) is 20.0 Å². The van der Waals surface area contributed by atoms with Crippen LogP contribution in [-0.4, -0.2) is 40.8 Å². The molecule has 7 heteroatoms. The molecule has 1 aliphatic rings. The summed E-state index contributed by atoms with van der Waals surface area (Å²) in [5.74, 6) is 0.848. The van der Waals surface area contributed by atoms with Crippen LogP contribution in [-0.2, 0) is 26.0 Å². The summed E-state index contributed by atoms with van der Waals surface area (Å²) in [6.07, 6.45) is 5.37. The van der Waals surface area contributed by atoms with Crippen LogP contribution in [0.25, 0.3) is 0 Å². The Balaban J connectivity index is 1.76. The van der Waals surface area contributed by atoms with Gasteiger partial charge in [0.25, 0.3) is 0 Å². The molecule has 0 saturated heterocycles. The maximum atomic E-state index is 12.0. The zero-order valence-corrected chi connectivity index (χ0v) is 15.0. The van der Waals surface area contributed by atoms with Gasteiger partial charge >= 0.3 is 0 Å². The van der Waals surface area contributed by atoms with E-state index in [9.17, 15) is 8.42 Å². The summed E-state index contributed by atoms with van der Waals surface area (Å²) < 4.78 is 42.3. The molecule has 136 valence electrons. The van der Waals surface area contributed by atoms with Gasteiger partial charge in [0.1, 0.15) is 12.5 Å². The molecule has 1 aromatic carbocycles. The number of methoxy groups -OCH3 is 1. The second-order valence-corrected chi connectivity index (χ2v) is 7.91. The molecule has 0 unspecified atom stereocenters. The van der Waals surface area contributed by atoms with Crippen molar-refractivity contribution in [1.82, 2.24) is 4.72 Å². The highest BCUT2D eigenvalue weighted by Gasteiger charge is 2.16. The van der Waals surface area contributed by atoms with E-state index < -0.39 is 10.0 Å². The van der Waals surface area contributed by atoms with Gasteiger partial charge in [-0.15, -0.1) is 0 Å².